The van der Waals surface area contributed by atoms with Gasteiger partial charge in [0.1, 0.15) is 6.54 Å². The zero-order valence-electron chi connectivity index (χ0n) is 18.3. The number of fused-ring (bicyclic) bond motifs is 1. The topological polar surface area (TPSA) is 102 Å². The van der Waals surface area contributed by atoms with Gasteiger partial charge in [0.25, 0.3) is 11.5 Å². The van der Waals surface area contributed by atoms with Crippen molar-refractivity contribution >= 4 is 23.0 Å². The summed E-state index contributed by atoms with van der Waals surface area (Å²) < 4.78 is 3.74. The van der Waals surface area contributed by atoms with Crippen LogP contribution in [0.2, 0.25) is 0 Å². The molecule has 2 heterocycles. The van der Waals surface area contributed by atoms with Crippen LogP contribution < -0.4 is 11.2 Å². The van der Waals surface area contributed by atoms with Gasteiger partial charge >= 0.3 is 5.69 Å². The van der Waals surface area contributed by atoms with E-state index in [1.165, 1.54) is 27.4 Å². The maximum Gasteiger partial charge on any atom is 0.332 e. The Morgan fingerprint density at radius 3 is 2.29 bits per heavy atom. The second-order valence-electron chi connectivity index (χ2n) is 7.56. The van der Waals surface area contributed by atoms with Crippen LogP contribution in [0.4, 0.5) is 0 Å². The summed E-state index contributed by atoms with van der Waals surface area (Å²) in [6.45, 7) is 2.17. The predicted molar refractivity (Wildman–Crippen MR) is 116 cm³/mol. The van der Waals surface area contributed by atoms with E-state index in [2.05, 4.69) is 4.98 Å². The average molecular weight is 426 g/mol. The standard InChI is InChI=1S/C21H26N6O4/c1-6-26(11-14-7-9-15(10-8-14)19(29)23(2)3)16(28)12-27-20(30)17-18(22-13-24(17)4)25(5)21(27)31/h7-10,13H,6,11-12H2,1-5H3. The smallest absolute Gasteiger partial charge is 0.332 e. The van der Waals surface area contributed by atoms with Crippen LogP contribution in [0.15, 0.2) is 40.2 Å². The maximum absolute atomic E-state index is 12.9. The molecule has 2 aromatic heterocycles. The van der Waals surface area contributed by atoms with Gasteiger partial charge in [0.15, 0.2) is 11.2 Å². The SMILES string of the molecule is CCN(Cc1ccc(C(=O)N(C)C)cc1)C(=O)Cn1c(=O)c2c(ncn2C)n(C)c1=O. The molecule has 2 amide bonds. The largest absolute Gasteiger partial charge is 0.345 e. The zero-order valence-corrected chi connectivity index (χ0v) is 18.3. The number of carbonyl (C=O) groups excluding carboxylic acids is 2. The lowest BCUT2D eigenvalue weighted by atomic mass is 10.1. The Labute approximate surface area is 178 Å². The number of carbonyl (C=O) groups is 2. The number of aryl methyl sites for hydroxylation is 2. The Kier molecular flexibility index (Phi) is 6.09. The number of hydrogen-bond acceptors (Lipinski definition) is 5. The Morgan fingerprint density at radius 1 is 1.06 bits per heavy atom. The van der Waals surface area contributed by atoms with Crippen molar-refractivity contribution in [2.45, 2.75) is 20.0 Å². The van der Waals surface area contributed by atoms with Gasteiger partial charge < -0.3 is 14.4 Å². The van der Waals surface area contributed by atoms with Crippen LogP contribution in [0.3, 0.4) is 0 Å². The van der Waals surface area contributed by atoms with Gasteiger partial charge in [-0.1, -0.05) is 12.1 Å². The van der Waals surface area contributed by atoms with Gasteiger partial charge in [0.2, 0.25) is 5.91 Å². The molecule has 0 saturated heterocycles. The first-order chi connectivity index (χ1) is 14.6. The van der Waals surface area contributed by atoms with Crippen molar-refractivity contribution in [3.8, 4) is 0 Å². The third-order valence-electron chi connectivity index (χ3n) is 5.21. The first kappa shape index (κ1) is 22.0. The van der Waals surface area contributed by atoms with Crippen LogP contribution in [0, 0.1) is 0 Å². The lowest BCUT2D eigenvalue weighted by Gasteiger charge is -2.22. The van der Waals surface area contributed by atoms with E-state index >= 15 is 0 Å². The van der Waals surface area contributed by atoms with E-state index < -0.39 is 11.2 Å². The number of nitrogens with zero attached hydrogens (tertiary/aromatic N) is 6. The molecule has 164 valence electrons. The van der Waals surface area contributed by atoms with Crippen LogP contribution in [0.5, 0.6) is 0 Å². The highest BCUT2D eigenvalue weighted by atomic mass is 16.2. The number of aromatic nitrogens is 4. The second-order valence-corrected chi connectivity index (χ2v) is 7.56. The Morgan fingerprint density at radius 2 is 1.71 bits per heavy atom. The van der Waals surface area contributed by atoms with Crippen LogP contribution in [0.25, 0.3) is 11.2 Å². The van der Waals surface area contributed by atoms with E-state index in [0.717, 1.165) is 10.1 Å². The summed E-state index contributed by atoms with van der Waals surface area (Å²) in [5.41, 5.74) is 0.803. The molecule has 0 fully saturated rings. The van der Waals surface area contributed by atoms with Crippen molar-refractivity contribution in [2.75, 3.05) is 20.6 Å². The molecule has 1 aromatic carbocycles. The molecule has 0 spiro atoms. The summed E-state index contributed by atoms with van der Waals surface area (Å²) in [6, 6.07) is 7.01. The van der Waals surface area contributed by atoms with E-state index in [4.69, 9.17) is 0 Å². The van der Waals surface area contributed by atoms with Crippen molar-refractivity contribution in [3.05, 3.63) is 62.6 Å². The normalized spacial score (nSPS) is 11.0. The number of rotatable bonds is 6. The maximum atomic E-state index is 12.9. The number of amides is 2. The Bertz CT molecular complexity index is 1250. The lowest BCUT2D eigenvalue weighted by Crippen LogP contribution is -2.44. The van der Waals surface area contributed by atoms with Crippen molar-refractivity contribution in [1.29, 1.82) is 0 Å². The molecular formula is C21H26N6O4. The average Bonchev–Trinajstić information content (AvgIpc) is 3.14. The first-order valence-electron chi connectivity index (χ1n) is 9.84. The molecule has 0 bridgehead atoms. The van der Waals surface area contributed by atoms with Crippen LogP contribution in [-0.4, -0.2) is 60.9 Å². The van der Waals surface area contributed by atoms with Gasteiger partial charge in [-0.25, -0.2) is 14.3 Å². The molecule has 0 aliphatic rings. The molecule has 3 aromatic rings. The zero-order chi connectivity index (χ0) is 22.9. The third kappa shape index (κ3) is 4.14. The van der Waals surface area contributed by atoms with E-state index in [-0.39, 0.29) is 29.5 Å². The van der Waals surface area contributed by atoms with Crippen molar-refractivity contribution < 1.29 is 9.59 Å². The van der Waals surface area contributed by atoms with E-state index in [1.54, 1.807) is 50.3 Å². The van der Waals surface area contributed by atoms with Crippen molar-refractivity contribution in [1.82, 2.24) is 28.5 Å². The molecule has 0 saturated carbocycles. The fraction of sp³-hybridized carbons (Fsp3) is 0.381. The highest BCUT2D eigenvalue weighted by Gasteiger charge is 2.20. The fourth-order valence-electron chi connectivity index (χ4n) is 3.38. The van der Waals surface area contributed by atoms with Crippen LogP contribution in [-0.2, 0) is 32.0 Å². The quantitative estimate of drug-likeness (QED) is 0.560. The number of benzene rings is 1. The second kappa shape index (κ2) is 8.58. The summed E-state index contributed by atoms with van der Waals surface area (Å²) >= 11 is 0. The molecule has 0 N–H and O–H groups in total. The molecule has 0 radical (unpaired) electrons. The summed E-state index contributed by atoms with van der Waals surface area (Å²) in [4.78, 5) is 57.6. The molecule has 10 nitrogen and oxygen atoms in total. The Hall–Kier alpha value is -3.69. The minimum absolute atomic E-state index is 0.101. The molecule has 31 heavy (non-hydrogen) atoms. The summed E-state index contributed by atoms with van der Waals surface area (Å²) in [6.07, 6.45) is 1.46. The minimum Gasteiger partial charge on any atom is -0.345 e. The van der Waals surface area contributed by atoms with Gasteiger partial charge in [-0.15, -0.1) is 0 Å². The van der Waals surface area contributed by atoms with E-state index in [0.29, 0.717) is 18.7 Å². The molecule has 0 unspecified atom stereocenters. The highest BCUT2D eigenvalue weighted by molar-refractivity contribution is 5.93. The number of likely N-dealkylation sites (N-methyl/N-ethyl adjacent to an activating group) is 1. The van der Waals surface area contributed by atoms with E-state index in [9.17, 15) is 19.2 Å². The molecular weight excluding hydrogens is 400 g/mol. The van der Waals surface area contributed by atoms with Crippen molar-refractivity contribution in [2.24, 2.45) is 14.1 Å². The number of hydrogen-bond donors (Lipinski definition) is 0. The van der Waals surface area contributed by atoms with Gasteiger partial charge in [-0.3, -0.25) is 19.0 Å². The lowest BCUT2D eigenvalue weighted by molar-refractivity contribution is -0.132. The van der Waals surface area contributed by atoms with Crippen LogP contribution >= 0.6 is 0 Å². The number of imidazole rings is 1. The summed E-state index contributed by atoms with van der Waals surface area (Å²) in [5.74, 6) is -0.451. The molecule has 10 heteroatoms. The molecule has 0 aliphatic carbocycles. The van der Waals surface area contributed by atoms with Gasteiger partial charge in [0, 0.05) is 46.8 Å². The summed E-state index contributed by atoms with van der Waals surface area (Å²) in [5, 5.41) is 0. The van der Waals surface area contributed by atoms with Crippen LogP contribution in [0.1, 0.15) is 22.8 Å². The molecule has 3 rings (SSSR count). The monoisotopic (exact) mass is 426 g/mol. The van der Waals surface area contributed by atoms with Gasteiger partial charge in [0.05, 0.1) is 6.33 Å². The third-order valence-corrected chi connectivity index (χ3v) is 5.21. The fourth-order valence-corrected chi connectivity index (χ4v) is 3.38. The van der Waals surface area contributed by atoms with Gasteiger partial charge in [-0.05, 0) is 24.6 Å². The predicted octanol–water partition coefficient (Wildman–Crippen LogP) is 0.184. The summed E-state index contributed by atoms with van der Waals surface area (Å²) in [7, 11) is 6.55. The Balaban J connectivity index is 1.84. The van der Waals surface area contributed by atoms with Gasteiger partial charge in [-0.2, -0.15) is 0 Å². The first-order valence-corrected chi connectivity index (χ1v) is 9.84. The minimum atomic E-state index is -0.591. The van der Waals surface area contributed by atoms with E-state index in [1.807, 2.05) is 6.92 Å². The molecule has 0 atom stereocenters. The molecule has 0 aliphatic heterocycles. The van der Waals surface area contributed by atoms with Crippen molar-refractivity contribution in [3.63, 3.8) is 0 Å². The highest BCUT2D eigenvalue weighted by Crippen LogP contribution is 2.10.